The minimum atomic E-state index is -3.44. The maximum Gasteiger partial charge on any atom is 0.225 e. The maximum atomic E-state index is 12.2. The smallest absolute Gasteiger partial charge is 0.225 e. The van der Waals surface area contributed by atoms with Crippen molar-refractivity contribution in [2.75, 3.05) is 17.3 Å². The lowest BCUT2D eigenvalue weighted by Crippen LogP contribution is -2.17. The van der Waals surface area contributed by atoms with Crippen molar-refractivity contribution in [2.24, 2.45) is 0 Å². The fourth-order valence-electron chi connectivity index (χ4n) is 1.99. The van der Waals surface area contributed by atoms with Gasteiger partial charge >= 0.3 is 0 Å². The van der Waals surface area contributed by atoms with Gasteiger partial charge < -0.3 is 5.32 Å². The van der Waals surface area contributed by atoms with Gasteiger partial charge in [-0.2, -0.15) is 0 Å². The van der Waals surface area contributed by atoms with E-state index in [9.17, 15) is 13.2 Å². The Morgan fingerprint density at radius 3 is 2.22 bits per heavy atom. The number of sulfone groups is 1. The lowest BCUT2D eigenvalue weighted by molar-refractivity contribution is -0.115. The van der Waals surface area contributed by atoms with Crippen LogP contribution < -0.4 is 5.32 Å². The van der Waals surface area contributed by atoms with E-state index in [1.807, 2.05) is 25.3 Å². The summed E-state index contributed by atoms with van der Waals surface area (Å²) in [5.41, 5.74) is 1.66. The fourth-order valence-corrected chi connectivity index (χ4v) is 3.64. The molecule has 4 nitrogen and oxygen atoms in total. The number of hydrogen-bond acceptors (Lipinski definition) is 4. The molecule has 0 aliphatic heterocycles. The molecule has 0 fully saturated rings. The van der Waals surface area contributed by atoms with Crippen molar-refractivity contribution in [3.8, 4) is 0 Å². The minimum Gasteiger partial charge on any atom is -0.326 e. The Kier molecular flexibility index (Phi) is 5.85. The molecule has 0 unspecified atom stereocenters. The summed E-state index contributed by atoms with van der Waals surface area (Å²) in [5.74, 6) is -0.511. The molecule has 0 heterocycles. The van der Waals surface area contributed by atoms with Gasteiger partial charge in [0.1, 0.15) is 0 Å². The molecule has 1 N–H and O–H groups in total. The predicted octanol–water partition coefficient (Wildman–Crippen LogP) is 3.52. The number of amides is 1. The molecule has 122 valence electrons. The average molecular weight is 349 g/mol. The number of anilines is 1. The second-order valence-corrected chi connectivity index (χ2v) is 8.15. The second kappa shape index (κ2) is 7.66. The number of thioether (sulfide) groups is 1. The van der Waals surface area contributed by atoms with Crippen LogP contribution in [0.4, 0.5) is 5.69 Å². The number of hydrogen-bond donors (Lipinski definition) is 1. The summed E-state index contributed by atoms with van der Waals surface area (Å²) >= 11 is 1.62. The Bertz CT molecular complexity index is 766. The van der Waals surface area contributed by atoms with E-state index in [-0.39, 0.29) is 23.0 Å². The average Bonchev–Trinajstić information content (AvgIpc) is 2.54. The molecule has 1 amide bonds. The van der Waals surface area contributed by atoms with E-state index in [0.29, 0.717) is 5.69 Å². The topological polar surface area (TPSA) is 63.2 Å². The summed E-state index contributed by atoms with van der Waals surface area (Å²) in [5, 5.41) is 2.71. The standard InChI is InChI=1S/C17H19NO3S2/c1-13-3-9-16(10-4-13)23(20,21)12-11-17(19)18-14-5-7-15(22-2)8-6-14/h3-10H,11-12H2,1-2H3,(H,18,19). The summed E-state index contributed by atoms with van der Waals surface area (Å²) in [6, 6.07) is 14.1. The zero-order chi connectivity index (χ0) is 16.9. The second-order valence-electron chi connectivity index (χ2n) is 5.16. The van der Waals surface area contributed by atoms with E-state index in [1.165, 1.54) is 0 Å². The van der Waals surface area contributed by atoms with Crippen molar-refractivity contribution < 1.29 is 13.2 Å². The third-order valence-corrected chi connectivity index (χ3v) is 5.83. The highest BCUT2D eigenvalue weighted by molar-refractivity contribution is 7.98. The lowest BCUT2D eigenvalue weighted by atomic mass is 10.2. The van der Waals surface area contributed by atoms with Gasteiger partial charge in [0.15, 0.2) is 9.84 Å². The van der Waals surface area contributed by atoms with Gasteiger partial charge in [-0.3, -0.25) is 4.79 Å². The van der Waals surface area contributed by atoms with Gasteiger partial charge in [0.05, 0.1) is 10.6 Å². The van der Waals surface area contributed by atoms with Crippen LogP contribution in [0.5, 0.6) is 0 Å². The van der Waals surface area contributed by atoms with E-state index in [1.54, 1.807) is 48.2 Å². The molecule has 23 heavy (non-hydrogen) atoms. The molecule has 0 radical (unpaired) electrons. The van der Waals surface area contributed by atoms with Crippen LogP contribution in [0, 0.1) is 6.92 Å². The Morgan fingerprint density at radius 1 is 1.04 bits per heavy atom. The SMILES string of the molecule is CSc1ccc(NC(=O)CCS(=O)(=O)c2ccc(C)cc2)cc1. The molecule has 0 saturated carbocycles. The zero-order valence-corrected chi connectivity index (χ0v) is 14.7. The van der Waals surface area contributed by atoms with Gasteiger partial charge in [0, 0.05) is 17.0 Å². The summed E-state index contributed by atoms with van der Waals surface area (Å²) < 4.78 is 24.4. The van der Waals surface area contributed by atoms with Crippen LogP contribution in [0.3, 0.4) is 0 Å². The quantitative estimate of drug-likeness (QED) is 0.811. The summed E-state index contributed by atoms with van der Waals surface area (Å²) in [4.78, 5) is 13.3. The van der Waals surface area contributed by atoms with Crippen LogP contribution in [-0.4, -0.2) is 26.3 Å². The maximum absolute atomic E-state index is 12.2. The Morgan fingerprint density at radius 2 is 1.65 bits per heavy atom. The number of nitrogens with one attached hydrogen (secondary N) is 1. The van der Waals surface area contributed by atoms with Crippen LogP contribution in [0.15, 0.2) is 58.3 Å². The Balaban J connectivity index is 1.93. The van der Waals surface area contributed by atoms with Crippen LogP contribution in [0.25, 0.3) is 0 Å². The van der Waals surface area contributed by atoms with Crippen LogP contribution in [-0.2, 0) is 14.6 Å². The molecule has 0 aliphatic rings. The molecule has 0 atom stereocenters. The van der Waals surface area contributed by atoms with Crippen molar-refractivity contribution in [2.45, 2.75) is 23.1 Å². The molecule has 0 aliphatic carbocycles. The number of carbonyl (C=O) groups is 1. The molecule has 2 rings (SSSR count). The first kappa shape index (κ1) is 17.6. The molecule has 0 saturated heterocycles. The normalized spacial score (nSPS) is 11.2. The number of carbonyl (C=O) groups excluding carboxylic acids is 1. The van der Waals surface area contributed by atoms with Crippen LogP contribution in [0.1, 0.15) is 12.0 Å². The molecule has 0 bridgehead atoms. The van der Waals surface area contributed by atoms with E-state index < -0.39 is 9.84 Å². The van der Waals surface area contributed by atoms with Gasteiger partial charge in [-0.25, -0.2) is 8.42 Å². The first-order valence-electron chi connectivity index (χ1n) is 7.14. The van der Waals surface area contributed by atoms with Crippen molar-refractivity contribution in [3.05, 3.63) is 54.1 Å². The highest BCUT2D eigenvalue weighted by Crippen LogP contribution is 2.18. The first-order valence-corrected chi connectivity index (χ1v) is 10.0. The number of benzene rings is 2. The third kappa shape index (κ3) is 5.11. The fraction of sp³-hybridized carbons (Fsp3) is 0.235. The van der Waals surface area contributed by atoms with Crippen molar-refractivity contribution >= 4 is 33.2 Å². The summed E-state index contributed by atoms with van der Waals surface area (Å²) in [7, 11) is -3.44. The molecule has 0 aromatic heterocycles. The molecular formula is C17H19NO3S2. The van der Waals surface area contributed by atoms with Gasteiger partial charge in [-0.1, -0.05) is 17.7 Å². The largest absolute Gasteiger partial charge is 0.326 e. The molecule has 2 aromatic rings. The zero-order valence-electron chi connectivity index (χ0n) is 13.1. The molecule has 0 spiro atoms. The van der Waals surface area contributed by atoms with Crippen molar-refractivity contribution in [1.29, 1.82) is 0 Å². The number of aryl methyl sites for hydroxylation is 1. The summed E-state index contributed by atoms with van der Waals surface area (Å²) in [6.07, 6.45) is 1.91. The highest BCUT2D eigenvalue weighted by Gasteiger charge is 2.16. The monoisotopic (exact) mass is 349 g/mol. The van der Waals surface area contributed by atoms with Gasteiger partial charge in [-0.05, 0) is 49.6 Å². The van der Waals surface area contributed by atoms with Crippen molar-refractivity contribution in [3.63, 3.8) is 0 Å². The minimum absolute atomic E-state index is 0.0690. The van der Waals surface area contributed by atoms with Crippen LogP contribution in [0.2, 0.25) is 0 Å². The van der Waals surface area contributed by atoms with Gasteiger partial charge in [-0.15, -0.1) is 11.8 Å². The van der Waals surface area contributed by atoms with Gasteiger partial charge in [0.2, 0.25) is 5.91 Å². The van der Waals surface area contributed by atoms with E-state index in [0.717, 1.165) is 10.5 Å². The Hall–Kier alpha value is -1.79. The van der Waals surface area contributed by atoms with Crippen LogP contribution >= 0.6 is 11.8 Å². The molecule has 2 aromatic carbocycles. The highest BCUT2D eigenvalue weighted by atomic mass is 32.2. The predicted molar refractivity (Wildman–Crippen MR) is 94.7 cm³/mol. The van der Waals surface area contributed by atoms with E-state index in [4.69, 9.17) is 0 Å². The molecule has 6 heteroatoms. The summed E-state index contributed by atoms with van der Waals surface area (Å²) in [6.45, 7) is 1.90. The Labute approximate surface area is 141 Å². The van der Waals surface area contributed by atoms with E-state index in [2.05, 4.69) is 5.32 Å². The van der Waals surface area contributed by atoms with Gasteiger partial charge in [0.25, 0.3) is 0 Å². The third-order valence-electron chi connectivity index (χ3n) is 3.35. The molecular weight excluding hydrogens is 330 g/mol. The van der Waals surface area contributed by atoms with E-state index >= 15 is 0 Å². The number of rotatable bonds is 6. The van der Waals surface area contributed by atoms with Crippen molar-refractivity contribution in [1.82, 2.24) is 0 Å². The first-order chi connectivity index (χ1) is 10.9. The lowest BCUT2D eigenvalue weighted by Gasteiger charge is -2.07.